The van der Waals surface area contributed by atoms with Crippen LogP contribution in [0.15, 0.2) is 24.3 Å². The Hall–Kier alpha value is -1.63. The smallest absolute Gasteiger partial charge is 0.223 e. The molecule has 0 aromatic heterocycles. The van der Waals surface area contributed by atoms with Crippen LogP contribution in [0.4, 0.5) is 0 Å². The zero-order valence-electron chi connectivity index (χ0n) is 15.3. The number of carbonyl (C=O) groups excluding carboxylic acids is 2. The van der Waals surface area contributed by atoms with E-state index >= 15 is 0 Å². The molecule has 1 heterocycles. The molecule has 1 saturated heterocycles. The Kier molecular flexibility index (Phi) is 7.10. The van der Waals surface area contributed by atoms with Crippen molar-refractivity contribution in [3.05, 3.63) is 34.9 Å². The average molecular weight is 395 g/mol. The van der Waals surface area contributed by atoms with Gasteiger partial charge >= 0.3 is 0 Å². The molecule has 3 N–H and O–H groups in total. The van der Waals surface area contributed by atoms with E-state index in [-0.39, 0.29) is 42.9 Å². The number of rotatable bonds is 7. The molecule has 2 fully saturated rings. The molecule has 3 atom stereocenters. The number of halogens is 1. The minimum atomic E-state index is -0.468. The van der Waals surface area contributed by atoms with Gasteiger partial charge in [-0.05, 0) is 37.3 Å². The molecule has 0 radical (unpaired) electrons. The van der Waals surface area contributed by atoms with Crippen LogP contribution >= 0.6 is 11.6 Å². The fourth-order valence-electron chi connectivity index (χ4n) is 3.53. The quantitative estimate of drug-likeness (QED) is 0.661. The number of nitrogens with one attached hydrogen (secondary N) is 2. The molecule has 0 spiro atoms. The third-order valence-corrected chi connectivity index (χ3v) is 5.81. The van der Waals surface area contributed by atoms with Gasteiger partial charge in [0.05, 0.1) is 25.2 Å². The molecular weight excluding hydrogens is 368 g/mol. The SMILES string of the molecule is O=C(C[C@@H]1CC[C@H](NC(=O)C2CCC2)[C@H](CO)O1)NCc1ccccc1Cl. The van der Waals surface area contributed by atoms with Crippen LogP contribution in [0.5, 0.6) is 0 Å². The predicted octanol–water partition coefficient (Wildman–Crippen LogP) is 2.17. The largest absolute Gasteiger partial charge is 0.394 e. The van der Waals surface area contributed by atoms with Crippen molar-refractivity contribution in [2.75, 3.05) is 6.61 Å². The molecule has 7 heteroatoms. The lowest BCUT2D eigenvalue weighted by Crippen LogP contribution is -2.53. The van der Waals surface area contributed by atoms with Gasteiger partial charge in [0.25, 0.3) is 0 Å². The summed E-state index contributed by atoms with van der Waals surface area (Å²) in [5.41, 5.74) is 0.865. The van der Waals surface area contributed by atoms with Crippen LogP contribution in [0.2, 0.25) is 5.02 Å². The van der Waals surface area contributed by atoms with Crippen molar-refractivity contribution in [2.24, 2.45) is 5.92 Å². The van der Waals surface area contributed by atoms with E-state index in [1.807, 2.05) is 18.2 Å². The van der Waals surface area contributed by atoms with E-state index in [2.05, 4.69) is 10.6 Å². The van der Waals surface area contributed by atoms with Crippen molar-refractivity contribution in [3.8, 4) is 0 Å². The highest BCUT2D eigenvalue weighted by molar-refractivity contribution is 6.31. The molecule has 1 saturated carbocycles. The predicted molar refractivity (Wildman–Crippen MR) is 102 cm³/mol. The summed E-state index contributed by atoms with van der Waals surface area (Å²) in [7, 11) is 0. The van der Waals surface area contributed by atoms with Gasteiger partial charge in [-0.1, -0.05) is 36.2 Å². The standard InChI is InChI=1S/C20H27ClN2O4/c21-16-7-2-1-4-14(16)11-22-19(25)10-15-8-9-17(18(12-24)27-15)23-20(26)13-5-3-6-13/h1-2,4,7,13,15,17-18,24H,3,5-6,8-12H2,(H,22,25)(H,23,26)/t15-,17-,18-/m0/s1. The van der Waals surface area contributed by atoms with E-state index in [9.17, 15) is 14.7 Å². The summed E-state index contributed by atoms with van der Waals surface area (Å²) in [5, 5.41) is 16.1. The highest BCUT2D eigenvalue weighted by atomic mass is 35.5. The molecule has 3 rings (SSSR count). The third-order valence-electron chi connectivity index (χ3n) is 5.45. The van der Waals surface area contributed by atoms with Gasteiger partial charge in [0.1, 0.15) is 6.10 Å². The molecule has 1 aliphatic heterocycles. The Morgan fingerprint density at radius 3 is 2.63 bits per heavy atom. The van der Waals surface area contributed by atoms with Gasteiger partial charge in [0.2, 0.25) is 11.8 Å². The number of aliphatic hydroxyl groups is 1. The fourth-order valence-corrected chi connectivity index (χ4v) is 3.74. The normalized spacial score (nSPS) is 25.5. The monoisotopic (exact) mass is 394 g/mol. The summed E-state index contributed by atoms with van der Waals surface area (Å²) < 4.78 is 5.88. The van der Waals surface area contributed by atoms with Crippen molar-refractivity contribution >= 4 is 23.4 Å². The first-order valence-electron chi connectivity index (χ1n) is 9.63. The first-order chi connectivity index (χ1) is 13.1. The molecule has 2 aliphatic rings. The lowest BCUT2D eigenvalue weighted by Gasteiger charge is -2.37. The molecule has 2 amide bonds. The molecular formula is C20H27ClN2O4. The Labute approximate surface area is 164 Å². The maximum Gasteiger partial charge on any atom is 0.223 e. The summed E-state index contributed by atoms with van der Waals surface area (Å²) in [6, 6.07) is 7.19. The van der Waals surface area contributed by atoms with E-state index in [4.69, 9.17) is 16.3 Å². The molecule has 1 aliphatic carbocycles. The van der Waals surface area contributed by atoms with Crippen molar-refractivity contribution < 1.29 is 19.4 Å². The Morgan fingerprint density at radius 1 is 1.19 bits per heavy atom. The zero-order valence-corrected chi connectivity index (χ0v) is 16.1. The molecule has 148 valence electrons. The van der Waals surface area contributed by atoms with Gasteiger partial charge in [0.15, 0.2) is 0 Å². The minimum Gasteiger partial charge on any atom is -0.394 e. The van der Waals surface area contributed by atoms with Crippen LogP contribution in [0.3, 0.4) is 0 Å². The van der Waals surface area contributed by atoms with Gasteiger partial charge in [-0.2, -0.15) is 0 Å². The molecule has 0 bridgehead atoms. The Balaban J connectivity index is 1.44. The van der Waals surface area contributed by atoms with Crippen molar-refractivity contribution in [1.82, 2.24) is 10.6 Å². The van der Waals surface area contributed by atoms with Gasteiger partial charge in [-0.3, -0.25) is 9.59 Å². The van der Waals surface area contributed by atoms with Crippen LogP contribution in [0.1, 0.15) is 44.1 Å². The number of aliphatic hydroxyl groups excluding tert-OH is 1. The van der Waals surface area contributed by atoms with Gasteiger partial charge in [-0.15, -0.1) is 0 Å². The maximum absolute atomic E-state index is 12.2. The summed E-state index contributed by atoms with van der Waals surface area (Å²) in [6.07, 6.45) is 3.86. The maximum atomic E-state index is 12.2. The van der Waals surface area contributed by atoms with E-state index in [1.54, 1.807) is 6.07 Å². The third kappa shape index (κ3) is 5.43. The second-order valence-corrected chi connectivity index (χ2v) is 7.78. The van der Waals surface area contributed by atoms with E-state index in [1.165, 1.54) is 0 Å². The van der Waals surface area contributed by atoms with Gasteiger partial charge < -0.3 is 20.5 Å². The van der Waals surface area contributed by atoms with E-state index < -0.39 is 6.10 Å². The van der Waals surface area contributed by atoms with Crippen LogP contribution in [-0.4, -0.2) is 41.8 Å². The van der Waals surface area contributed by atoms with Crippen molar-refractivity contribution in [3.63, 3.8) is 0 Å². The fraction of sp³-hybridized carbons (Fsp3) is 0.600. The highest BCUT2D eigenvalue weighted by Crippen LogP contribution is 2.28. The Bertz CT molecular complexity index is 665. The summed E-state index contributed by atoms with van der Waals surface area (Å²) in [5.74, 6) is 0.0513. The van der Waals surface area contributed by atoms with Crippen molar-refractivity contribution in [1.29, 1.82) is 0 Å². The zero-order chi connectivity index (χ0) is 19.2. The first-order valence-corrected chi connectivity index (χ1v) is 10.0. The number of hydrogen-bond acceptors (Lipinski definition) is 4. The average Bonchev–Trinajstić information content (AvgIpc) is 2.60. The van der Waals surface area contributed by atoms with E-state index in [0.29, 0.717) is 24.4 Å². The minimum absolute atomic E-state index is 0.0595. The number of ether oxygens (including phenoxy) is 1. The van der Waals surface area contributed by atoms with Crippen LogP contribution in [0.25, 0.3) is 0 Å². The van der Waals surface area contributed by atoms with Crippen LogP contribution < -0.4 is 10.6 Å². The summed E-state index contributed by atoms with van der Waals surface area (Å²) >= 11 is 6.09. The number of hydrogen-bond donors (Lipinski definition) is 3. The lowest BCUT2D eigenvalue weighted by molar-refractivity contribution is -0.138. The highest BCUT2D eigenvalue weighted by Gasteiger charge is 2.35. The first kappa shape index (κ1) is 20.1. The van der Waals surface area contributed by atoms with E-state index in [0.717, 1.165) is 24.8 Å². The number of amides is 2. The lowest BCUT2D eigenvalue weighted by atomic mass is 9.84. The van der Waals surface area contributed by atoms with Crippen molar-refractivity contribution in [2.45, 2.75) is 63.3 Å². The molecule has 1 aromatic rings. The van der Waals surface area contributed by atoms with Gasteiger partial charge in [0, 0.05) is 17.5 Å². The topological polar surface area (TPSA) is 87.7 Å². The summed E-state index contributed by atoms with van der Waals surface area (Å²) in [6.45, 7) is 0.197. The second kappa shape index (κ2) is 9.53. The molecule has 6 nitrogen and oxygen atoms in total. The number of benzene rings is 1. The summed E-state index contributed by atoms with van der Waals surface area (Å²) in [4.78, 5) is 24.4. The van der Waals surface area contributed by atoms with Crippen LogP contribution in [0, 0.1) is 5.92 Å². The molecule has 27 heavy (non-hydrogen) atoms. The molecule has 1 aromatic carbocycles. The number of carbonyl (C=O) groups is 2. The molecule has 0 unspecified atom stereocenters. The Morgan fingerprint density at radius 2 is 1.96 bits per heavy atom. The van der Waals surface area contributed by atoms with Gasteiger partial charge in [-0.25, -0.2) is 0 Å². The van der Waals surface area contributed by atoms with Crippen LogP contribution in [-0.2, 0) is 20.9 Å². The second-order valence-electron chi connectivity index (χ2n) is 7.37.